The summed E-state index contributed by atoms with van der Waals surface area (Å²) in [6.07, 6.45) is 1.48. The smallest absolute Gasteiger partial charge is 0.313 e. The Kier molecular flexibility index (Phi) is 4.37. The summed E-state index contributed by atoms with van der Waals surface area (Å²) in [5.41, 5.74) is 1.24. The number of phenols is 1. The zero-order chi connectivity index (χ0) is 14.8. The van der Waals surface area contributed by atoms with Gasteiger partial charge in [-0.2, -0.15) is 0 Å². The van der Waals surface area contributed by atoms with E-state index in [-0.39, 0.29) is 11.2 Å². The van der Waals surface area contributed by atoms with Gasteiger partial charge >= 0.3 is 5.97 Å². The van der Waals surface area contributed by atoms with Gasteiger partial charge in [0.2, 0.25) is 0 Å². The first-order valence-electron chi connectivity index (χ1n) is 6.05. The lowest BCUT2D eigenvalue weighted by molar-refractivity contribution is -0.139. The molecule has 0 saturated heterocycles. The van der Waals surface area contributed by atoms with E-state index in [0.717, 1.165) is 0 Å². The van der Waals surface area contributed by atoms with Gasteiger partial charge in [-0.1, -0.05) is 39.5 Å². The van der Waals surface area contributed by atoms with E-state index < -0.39 is 18.5 Å². The molecule has 104 valence electrons. The van der Waals surface area contributed by atoms with Crippen LogP contribution in [-0.4, -0.2) is 27.9 Å². The molecule has 0 radical (unpaired) electrons. The molecule has 1 aromatic carbocycles. The highest BCUT2D eigenvalue weighted by Gasteiger charge is 2.25. The van der Waals surface area contributed by atoms with E-state index in [4.69, 9.17) is 5.11 Å². The average molecular weight is 264 g/mol. The van der Waals surface area contributed by atoms with Crippen LogP contribution in [0.2, 0.25) is 0 Å². The number of carboxylic acids is 1. The van der Waals surface area contributed by atoms with E-state index in [1.54, 1.807) is 12.1 Å². The number of carbonyl (C=O) groups is 1. The molecule has 0 aliphatic carbocycles. The van der Waals surface area contributed by atoms with Gasteiger partial charge in [0.1, 0.15) is 11.7 Å². The number of aliphatic hydroxyl groups is 1. The first-order chi connectivity index (χ1) is 8.72. The van der Waals surface area contributed by atoms with Crippen molar-refractivity contribution in [2.45, 2.75) is 32.1 Å². The fourth-order valence-corrected chi connectivity index (χ4v) is 1.93. The maximum absolute atomic E-state index is 11.1. The minimum absolute atomic E-state index is 0.105. The molecule has 4 nitrogen and oxygen atoms in total. The Bertz CT molecular complexity index is 498. The summed E-state index contributed by atoms with van der Waals surface area (Å²) in [5.74, 6) is -1.99. The van der Waals surface area contributed by atoms with Crippen LogP contribution in [0.3, 0.4) is 0 Å². The summed E-state index contributed by atoms with van der Waals surface area (Å²) >= 11 is 0. The second kappa shape index (κ2) is 5.45. The number of aliphatic carboxylic acids is 1. The number of carboxylic acid groups (broad SMARTS) is 1. The van der Waals surface area contributed by atoms with E-state index >= 15 is 0 Å². The molecule has 3 N–H and O–H groups in total. The van der Waals surface area contributed by atoms with Crippen LogP contribution in [0.1, 0.15) is 43.4 Å². The van der Waals surface area contributed by atoms with Gasteiger partial charge in [-0.05, 0) is 17.0 Å². The minimum Gasteiger partial charge on any atom is -0.507 e. The molecule has 1 rings (SSSR count). The van der Waals surface area contributed by atoms with Crippen LogP contribution in [-0.2, 0) is 10.2 Å². The van der Waals surface area contributed by atoms with Crippen molar-refractivity contribution in [1.82, 2.24) is 0 Å². The Morgan fingerprint density at radius 3 is 2.37 bits per heavy atom. The fourth-order valence-electron chi connectivity index (χ4n) is 1.93. The standard InChI is InChI=1S/C15H20O4/c1-5-9-6-10(11(8-16)14(18)19)7-12(13(9)17)15(2,3)4/h5-7,11,16-17H,1,8H2,2-4H3,(H,18,19). The fraction of sp³-hybridized carbons (Fsp3) is 0.400. The number of aliphatic hydroxyl groups excluding tert-OH is 1. The highest BCUT2D eigenvalue weighted by Crippen LogP contribution is 2.36. The Morgan fingerprint density at radius 1 is 1.42 bits per heavy atom. The van der Waals surface area contributed by atoms with Crippen molar-refractivity contribution >= 4 is 12.0 Å². The number of hydrogen-bond acceptors (Lipinski definition) is 3. The van der Waals surface area contributed by atoms with Crippen LogP contribution < -0.4 is 0 Å². The van der Waals surface area contributed by atoms with Crippen LogP contribution in [0, 0.1) is 0 Å². The molecule has 0 saturated carbocycles. The number of phenolic OH excluding ortho intramolecular Hbond substituents is 1. The molecule has 4 heteroatoms. The lowest BCUT2D eigenvalue weighted by Gasteiger charge is -2.24. The highest BCUT2D eigenvalue weighted by molar-refractivity contribution is 5.77. The van der Waals surface area contributed by atoms with Crippen molar-refractivity contribution in [2.24, 2.45) is 0 Å². The zero-order valence-electron chi connectivity index (χ0n) is 11.5. The maximum atomic E-state index is 11.1. The Labute approximate surface area is 113 Å². The number of hydrogen-bond donors (Lipinski definition) is 3. The number of rotatable bonds is 4. The lowest BCUT2D eigenvalue weighted by Crippen LogP contribution is -2.18. The number of benzene rings is 1. The van der Waals surface area contributed by atoms with E-state index in [1.807, 2.05) is 20.8 Å². The van der Waals surface area contributed by atoms with Crippen molar-refractivity contribution < 1.29 is 20.1 Å². The second-order valence-electron chi connectivity index (χ2n) is 5.53. The third-order valence-corrected chi connectivity index (χ3v) is 3.07. The molecule has 1 aromatic rings. The Morgan fingerprint density at radius 2 is 2.00 bits per heavy atom. The normalized spacial score (nSPS) is 13.1. The van der Waals surface area contributed by atoms with Crippen molar-refractivity contribution in [3.05, 3.63) is 35.4 Å². The van der Waals surface area contributed by atoms with Gasteiger partial charge in [-0.25, -0.2) is 0 Å². The summed E-state index contributed by atoms with van der Waals surface area (Å²) in [6, 6.07) is 3.18. The molecular formula is C15H20O4. The molecule has 1 atom stereocenters. The van der Waals surface area contributed by atoms with E-state index in [1.165, 1.54) is 6.08 Å². The predicted octanol–water partition coefficient (Wildman–Crippen LogP) is 2.49. The van der Waals surface area contributed by atoms with Gasteiger partial charge < -0.3 is 15.3 Å². The summed E-state index contributed by atoms with van der Waals surface area (Å²) in [4.78, 5) is 11.1. The third kappa shape index (κ3) is 3.15. The van der Waals surface area contributed by atoms with E-state index in [9.17, 15) is 15.0 Å². The quantitative estimate of drug-likeness (QED) is 0.780. The van der Waals surface area contributed by atoms with Gasteiger partial charge in [0.15, 0.2) is 0 Å². The van der Waals surface area contributed by atoms with Crippen molar-refractivity contribution in [3.8, 4) is 5.75 Å². The molecule has 0 aliphatic heterocycles. The first-order valence-corrected chi connectivity index (χ1v) is 6.05. The monoisotopic (exact) mass is 264 g/mol. The molecule has 0 amide bonds. The summed E-state index contributed by atoms with van der Waals surface area (Å²) in [7, 11) is 0. The Hall–Kier alpha value is -1.81. The van der Waals surface area contributed by atoms with Gasteiger partial charge in [0.25, 0.3) is 0 Å². The molecule has 1 unspecified atom stereocenters. The minimum atomic E-state index is -1.09. The van der Waals surface area contributed by atoms with Gasteiger partial charge in [0.05, 0.1) is 6.61 Å². The molecular weight excluding hydrogens is 244 g/mol. The number of aromatic hydroxyl groups is 1. The molecule has 0 bridgehead atoms. The predicted molar refractivity (Wildman–Crippen MR) is 74.4 cm³/mol. The van der Waals surface area contributed by atoms with Crippen LogP contribution in [0.15, 0.2) is 18.7 Å². The zero-order valence-corrected chi connectivity index (χ0v) is 11.5. The van der Waals surface area contributed by atoms with Crippen molar-refractivity contribution in [2.75, 3.05) is 6.61 Å². The first kappa shape index (κ1) is 15.2. The molecule has 0 aromatic heterocycles. The van der Waals surface area contributed by atoms with Crippen LogP contribution >= 0.6 is 0 Å². The molecule has 0 heterocycles. The van der Waals surface area contributed by atoms with Gasteiger partial charge in [-0.15, -0.1) is 0 Å². The third-order valence-electron chi connectivity index (χ3n) is 3.07. The molecule has 0 aliphatic rings. The van der Waals surface area contributed by atoms with Crippen molar-refractivity contribution in [1.29, 1.82) is 0 Å². The van der Waals surface area contributed by atoms with Gasteiger partial charge in [-0.3, -0.25) is 4.79 Å². The van der Waals surface area contributed by atoms with Crippen LogP contribution in [0.25, 0.3) is 6.08 Å². The lowest BCUT2D eigenvalue weighted by atomic mass is 9.82. The van der Waals surface area contributed by atoms with E-state index in [2.05, 4.69) is 6.58 Å². The van der Waals surface area contributed by atoms with Crippen LogP contribution in [0.4, 0.5) is 0 Å². The molecule has 19 heavy (non-hydrogen) atoms. The topological polar surface area (TPSA) is 77.8 Å². The maximum Gasteiger partial charge on any atom is 0.313 e. The largest absolute Gasteiger partial charge is 0.507 e. The second-order valence-corrected chi connectivity index (χ2v) is 5.53. The Balaban J connectivity index is 3.52. The molecule has 0 fully saturated rings. The van der Waals surface area contributed by atoms with Crippen LogP contribution in [0.5, 0.6) is 5.75 Å². The summed E-state index contributed by atoms with van der Waals surface area (Å²) in [6.45, 7) is 8.90. The van der Waals surface area contributed by atoms with Gasteiger partial charge in [0, 0.05) is 11.1 Å². The van der Waals surface area contributed by atoms with Crippen molar-refractivity contribution in [3.63, 3.8) is 0 Å². The highest BCUT2D eigenvalue weighted by atomic mass is 16.4. The SMILES string of the molecule is C=Cc1cc(C(CO)C(=O)O)cc(C(C)(C)C)c1O. The van der Waals surface area contributed by atoms with E-state index in [0.29, 0.717) is 16.7 Å². The molecule has 0 spiro atoms. The summed E-state index contributed by atoms with van der Waals surface area (Å²) < 4.78 is 0. The summed E-state index contributed by atoms with van der Waals surface area (Å²) in [5, 5.41) is 28.5. The average Bonchev–Trinajstić information content (AvgIpc) is 2.29.